The van der Waals surface area contributed by atoms with Gasteiger partial charge in [-0.1, -0.05) is 25.5 Å². The molecule has 4 aliphatic carbocycles. The first-order chi connectivity index (χ1) is 15.2. The summed E-state index contributed by atoms with van der Waals surface area (Å²) >= 11 is 0. The smallest absolute Gasteiger partial charge is 0.190 e. The zero-order valence-corrected chi connectivity index (χ0v) is 16.9. The molecule has 6 nitrogen and oxygen atoms in total. The Morgan fingerprint density at radius 2 is 2.24 bits per heavy atom. The van der Waals surface area contributed by atoms with Gasteiger partial charge >= 0.3 is 0 Å². The van der Waals surface area contributed by atoms with E-state index in [4.69, 9.17) is 6.11 Å². The second kappa shape index (κ2) is 5.88. The van der Waals surface area contributed by atoms with Crippen LogP contribution in [0, 0.1) is 28.6 Å². The van der Waals surface area contributed by atoms with E-state index in [-0.39, 0.29) is 18.1 Å². The molecule has 0 bridgehead atoms. The number of ketones is 2. The van der Waals surface area contributed by atoms with E-state index in [1.54, 1.807) is 13.8 Å². The fourth-order valence-corrected chi connectivity index (χ4v) is 6.76. The summed E-state index contributed by atoms with van der Waals surface area (Å²) in [6, 6.07) is 0. The molecule has 0 aromatic rings. The third-order valence-electron chi connectivity index (χ3n) is 8.02. The third-order valence-corrected chi connectivity index (χ3v) is 8.02. The van der Waals surface area contributed by atoms with Crippen LogP contribution in [0.15, 0.2) is 28.8 Å². The molecular formula is C23H29NO5. The molecule has 29 heavy (non-hydrogen) atoms. The molecule has 3 saturated carbocycles. The number of aliphatic hydroxyl groups excluding tert-OH is 1. The van der Waals surface area contributed by atoms with Crippen LogP contribution in [0.2, 0.25) is 0 Å². The second-order valence-corrected chi connectivity index (χ2v) is 9.27. The number of Topliss-reactive ketones (excluding diaryl/α,β-unsaturated/α-hetero) is 1. The summed E-state index contributed by atoms with van der Waals surface area (Å²) < 4.78 is 43.0. The third kappa shape index (κ3) is 2.17. The molecule has 0 amide bonds. The van der Waals surface area contributed by atoms with Gasteiger partial charge in [0.1, 0.15) is 12.7 Å². The molecule has 0 spiro atoms. The molecule has 5 rings (SSSR count). The van der Waals surface area contributed by atoms with Gasteiger partial charge in [0.05, 0.1) is 7.45 Å². The van der Waals surface area contributed by atoms with Gasteiger partial charge in [-0.05, 0) is 49.6 Å². The lowest BCUT2D eigenvalue weighted by Gasteiger charge is -2.59. The predicted octanol–water partition coefficient (Wildman–Crippen LogP) is 1.99. The summed E-state index contributed by atoms with van der Waals surface area (Å²) in [5.41, 5.74) is -4.15. The van der Waals surface area contributed by atoms with Crippen LogP contribution in [-0.4, -0.2) is 52.0 Å². The number of aliphatic hydroxyl groups is 2. The number of allylic oxidation sites excluding steroid dienone is 4. The molecule has 1 aliphatic heterocycles. The van der Waals surface area contributed by atoms with Gasteiger partial charge in [-0.3, -0.25) is 9.59 Å². The lowest BCUT2D eigenvalue weighted by Crippen LogP contribution is -2.62. The van der Waals surface area contributed by atoms with Gasteiger partial charge in [-0.2, -0.15) is 0 Å². The van der Waals surface area contributed by atoms with Crippen molar-refractivity contribution in [2.75, 3.05) is 6.61 Å². The summed E-state index contributed by atoms with van der Waals surface area (Å²) in [5.74, 6) is -4.10. The molecule has 0 saturated heterocycles. The van der Waals surface area contributed by atoms with Gasteiger partial charge < -0.3 is 14.9 Å². The number of nitrogens with zero attached hydrogens (tertiary/aromatic N) is 1. The fourth-order valence-electron chi connectivity index (χ4n) is 6.76. The molecule has 0 radical (unpaired) electrons. The highest BCUT2D eigenvalue weighted by atomic mass is 16.5. The molecule has 6 heteroatoms. The van der Waals surface area contributed by atoms with Crippen molar-refractivity contribution in [3.63, 3.8) is 0 Å². The Kier molecular flexibility index (Phi) is 3.06. The van der Waals surface area contributed by atoms with Crippen molar-refractivity contribution in [1.82, 2.24) is 0 Å². The highest BCUT2D eigenvalue weighted by Gasteiger charge is 2.74. The number of hydrogen-bond acceptors (Lipinski definition) is 6. The van der Waals surface area contributed by atoms with Crippen molar-refractivity contribution in [2.45, 2.75) is 64.1 Å². The van der Waals surface area contributed by atoms with Gasteiger partial charge in [0, 0.05) is 27.8 Å². The molecule has 8 atom stereocenters. The zero-order chi connectivity index (χ0) is 24.4. The number of rotatable bonds is 2. The average Bonchev–Trinajstić information content (AvgIpc) is 3.20. The standard InChI is InChI=1S/C23H29NO5/c1-12-24-23(18(28)11-25)19(29-12)9-16-15-5-4-13-8-14(26)6-7-21(13,2)20(15)17(27)10-22(16,23)3/h6-8,15-17,19-20,25,27H,4-5,9-11H2,1-3H3/t15-,16-,17-,19+,20+,21-,22-,23+/m0/s1/i10D2,17D,20D. The predicted molar refractivity (Wildman–Crippen MR) is 106 cm³/mol. The molecule has 0 aromatic carbocycles. The van der Waals surface area contributed by atoms with Crippen LogP contribution in [0.3, 0.4) is 0 Å². The number of aliphatic imine (C=N–C) groups is 1. The quantitative estimate of drug-likeness (QED) is 0.735. The average molecular weight is 404 g/mol. The van der Waals surface area contributed by atoms with Gasteiger partial charge in [0.25, 0.3) is 0 Å². The van der Waals surface area contributed by atoms with Gasteiger partial charge in [0.2, 0.25) is 0 Å². The van der Waals surface area contributed by atoms with E-state index in [1.807, 2.05) is 0 Å². The van der Waals surface area contributed by atoms with Gasteiger partial charge in [-0.25, -0.2) is 4.99 Å². The van der Waals surface area contributed by atoms with Crippen LogP contribution in [0.5, 0.6) is 0 Å². The molecule has 156 valence electrons. The number of hydrogen-bond donors (Lipinski definition) is 2. The summed E-state index contributed by atoms with van der Waals surface area (Å²) in [5, 5.41) is 21.6. The molecule has 0 aromatic heterocycles. The van der Waals surface area contributed by atoms with E-state index in [1.165, 1.54) is 25.2 Å². The Hall–Kier alpha value is -1.79. The monoisotopic (exact) mass is 403 g/mol. The fraction of sp³-hybridized carbons (Fsp3) is 0.696. The summed E-state index contributed by atoms with van der Waals surface area (Å²) in [6.07, 6.45) is -1.32. The Morgan fingerprint density at radius 3 is 2.97 bits per heavy atom. The van der Waals surface area contributed by atoms with Crippen LogP contribution < -0.4 is 0 Å². The normalized spacial score (nSPS) is 58.8. The van der Waals surface area contributed by atoms with Crippen molar-refractivity contribution in [1.29, 1.82) is 0 Å². The van der Waals surface area contributed by atoms with Crippen molar-refractivity contribution in [3.8, 4) is 0 Å². The van der Waals surface area contributed by atoms with Crippen LogP contribution >= 0.6 is 0 Å². The van der Waals surface area contributed by atoms with Crippen LogP contribution in [0.1, 0.15) is 51.9 Å². The molecule has 5 aliphatic rings. The van der Waals surface area contributed by atoms with Crippen LogP contribution in [0.25, 0.3) is 0 Å². The van der Waals surface area contributed by atoms with Gasteiger partial charge in [-0.15, -0.1) is 0 Å². The van der Waals surface area contributed by atoms with E-state index in [0.717, 1.165) is 0 Å². The van der Waals surface area contributed by atoms with Crippen molar-refractivity contribution >= 4 is 17.5 Å². The summed E-state index contributed by atoms with van der Waals surface area (Å²) in [6.45, 7) is 3.88. The summed E-state index contributed by atoms with van der Waals surface area (Å²) in [4.78, 5) is 29.8. The van der Waals surface area contributed by atoms with Crippen LogP contribution in [0.4, 0.5) is 0 Å². The first-order valence-corrected chi connectivity index (χ1v) is 10.2. The van der Waals surface area contributed by atoms with E-state index in [9.17, 15) is 23.9 Å². The van der Waals surface area contributed by atoms with E-state index < -0.39 is 65.0 Å². The first-order valence-electron chi connectivity index (χ1n) is 12.2. The van der Waals surface area contributed by atoms with Crippen molar-refractivity contribution in [3.05, 3.63) is 23.8 Å². The topological polar surface area (TPSA) is 96.2 Å². The molecular weight excluding hydrogens is 370 g/mol. The number of fused-ring (bicyclic) bond motifs is 7. The maximum absolute atomic E-state index is 13.2. The number of carbonyl (C=O) groups excluding carboxylic acids is 2. The zero-order valence-electron chi connectivity index (χ0n) is 20.9. The number of carbonyl (C=O) groups is 2. The lowest BCUT2D eigenvalue weighted by atomic mass is 9.46. The van der Waals surface area contributed by atoms with E-state index in [0.29, 0.717) is 18.4 Å². The van der Waals surface area contributed by atoms with Crippen LogP contribution in [-0.2, 0) is 14.3 Å². The Labute approximate surface area is 176 Å². The Morgan fingerprint density at radius 1 is 1.48 bits per heavy atom. The minimum Gasteiger partial charge on any atom is -0.475 e. The van der Waals surface area contributed by atoms with Crippen molar-refractivity contribution < 1.29 is 30.0 Å². The largest absolute Gasteiger partial charge is 0.475 e. The molecule has 3 fully saturated rings. The number of ether oxygens (including phenoxy) is 1. The summed E-state index contributed by atoms with van der Waals surface area (Å²) in [7, 11) is 0. The highest BCUT2D eigenvalue weighted by molar-refractivity contribution is 6.01. The van der Waals surface area contributed by atoms with E-state index in [2.05, 4.69) is 4.99 Å². The van der Waals surface area contributed by atoms with Gasteiger partial charge in [0.15, 0.2) is 23.0 Å². The maximum Gasteiger partial charge on any atom is 0.190 e. The minimum atomic E-state index is -2.97. The molecule has 0 unspecified atom stereocenters. The SMILES string of the molecule is [2H]C1([2H])[C@]([2H])(O)[C@@]2([2H])[C@@H](CCC3=CC(=O)C=C[C@@]32C)[C@@H]2C[C@H]3OC(C)=N[C@@]3(C(=O)CO)[C@]21C. The lowest BCUT2D eigenvalue weighted by molar-refractivity contribution is -0.146. The highest BCUT2D eigenvalue weighted by Crippen LogP contribution is 2.69. The molecule has 1 heterocycles. The maximum atomic E-state index is 13.2. The second-order valence-electron chi connectivity index (χ2n) is 9.27. The first kappa shape index (κ1) is 15.1. The minimum absolute atomic E-state index is 0.197. The van der Waals surface area contributed by atoms with Crippen molar-refractivity contribution in [2.24, 2.45) is 33.6 Å². The molecule has 2 N–H and O–H groups in total. The Bertz CT molecular complexity index is 1070. The Balaban J connectivity index is 1.79. The van der Waals surface area contributed by atoms with E-state index >= 15 is 0 Å².